The van der Waals surface area contributed by atoms with Crippen molar-refractivity contribution in [2.45, 2.75) is 19.3 Å². The quantitative estimate of drug-likeness (QED) is 0.741. The number of alkyl halides is 2. The van der Waals surface area contributed by atoms with E-state index >= 15 is 0 Å². The van der Waals surface area contributed by atoms with Gasteiger partial charge in [0.2, 0.25) is 0 Å². The Kier molecular flexibility index (Phi) is 5.21. The third kappa shape index (κ3) is 3.66. The van der Waals surface area contributed by atoms with Crippen molar-refractivity contribution in [3.05, 3.63) is 22.4 Å². The zero-order valence-corrected chi connectivity index (χ0v) is 13.8. The van der Waals surface area contributed by atoms with Gasteiger partial charge in [-0.3, -0.25) is 0 Å². The summed E-state index contributed by atoms with van der Waals surface area (Å²) in [6, 6.07) is 2.10. The summed E-state index contributed by atoms with van der Waals surface area (Å²) < 4.78 is 23.3. The molecule has 1 saturated heterocycles. The third-order valence-corrected chi connectivity index (χ3v) is 7.69. The first kappa shape index (κ1) is 15.6. The Hall–Kier alpha value is 0.230. The predicted molar refractivity (Wildman–Crippen MR) is 83.3 cm³/mol. The fourth-order valence-corrected chi connectivity index (χ4v) is 6.33. The molecule has 0 spiro atoms. The molecule has 0 aromatic carbocycles. The van der Waals surface area contributed by atoms with Crippen LogP contribution in [0.5, 0.6) is 0 Å². The number of sulfone groups is 1. The molecule has 108 valence electrons. The minimum atomic E-state index is -2.89. The molecule has 0 saturated carbocycles. The van der Waals surface area contributed by atoms with Crippen LogP contribution in [0, 0.1) is 11.3 Å². The highest BCUT2D eigenvalue weighted by molar-refractivity contribution is 7.91. The minimum Gasteiger partial charge on any atom is -0.229 e. The lowest BCUT2D eigenvalue weighted by atomic mass is 9.74. The minimum absolute atomic E-state index is 0.103. The monoisotopic (exact) mass is 340 g/mol. The van der Waals surface area contributed by atoms with Crippen LogP contribution < -0.4 is 0 Å². The van der Waals surface area contributed by atoms with E-state index in [-0.39, 0.29) is 22.8 Å². The molecule has 6 heteroatoms. The van der Waals surface area contributed by atoms with Crippen molar-refractivity contribution < 1.29 is 8.42 Å². The highest BCUT2D eigenvalue weighted by Crippen LogP contribution is 2.42. The van der Waals surface area contributed by atoms with E-state index in [0.29, 0.717) is 18.2 Å². The second-order valence-electron chi connectivity index (χ2n) is 5.36. The molecule has 0 aliphatic carbocycles. The molecule has 2 nitrogen and oxygen atoms in total. The molecule has 1 fully saturated rings. The van der Waals surface area contributed by atoms with Gasteiger partial charge in [0, 0.05) is 17.2 Å². The second kappa shape index (κ2) is 6.33. The molecule has 2 heterocycles. The van der Waals surface area contributed by atoms with Gasteiger partial charge in [-0.25, -0.2) is 8.42 Å². The van der Waals surface area contributed by atoms with Gasteiger partial charge in [-0.05, 0) is 47.6 Å². The van der Waals surface area contributed by atoms with Crippen LogP contribution in [-0.4, -0.2) is 31.7 Å². The Bertz CT molecular complexity index is 493. The molecule has 0 N–H and O–H groups in total. The van der Waals surface area contributed by atoms with Crippen molar-refractivity contribution in [2.75, 3.05) is 23.3 Å². The van der Waals surface area contributed by atoms with E-state index in [9.17, 15) is 8.42 Å². The van der Waals surface area contributed by atoms with E-state index in [0.717, 1.165) is 12.8 Å². The summed E-state index contributed by atoms with van der Waals surface area (Å²) in [5.74, 6) is 1.50. The van der Waals surface area contributed by atoms with E-state index in [2.05, 4.69) is 16.8 Å². The molecule has 1 aliphatic heterocycles. The molecule has 1 aromatic heterocycles. The average molecular weight is 341 g/mol. The number of thiophene rings is 1. The number of rotatable bonds is 6. The average Bonchev–Trinajstić information content (AvgIpc) is 3.01. The maximum Gasteiger partial charge on any atom is 0.150 e. The van der Waals surface area contributed by atoms with Gasteiger partial charge in [0.1, 0.15) is 0 Å². The first-order valence-corrected chi connectivity index (χ1v) is 10.2. The van der Waals surface area contributed by atoms with Crippen molar-refractivity contribution in [1.82, 2.24) is 0 Å². The van der Waals surface area contributed by atoms with Crippen LogP contribution in [-0.2, 0) is 16.3 Å². The molecule has 1 aliphatic rings. The molecule has 19 heavy (non-hydrogen) atoms. The summed E-state index contributed by atoms with van der Waals surface area (Å²) in [6.45, 7) is 0. The van der Waals surface area contributed by atoms with Crippen LogP contribution in [0.25, 0.3) is 0 Å². The number of aryl methyl sites for hydroxylation is 1. The van der Waals surface area contributed by atoms with Crippen LogP contribution in [0.15, 0.2) is 16.8 Å². The molecule has 0 radical (unpaired) electrons. The van der Waals surface area contributed by atoms with Crippen LogP contribution >= 0.6 is 34.5 Å². The normalized spacial score (nSPS) is 22.7. The third-order valence-electron chi connectivity index (χ3n) is 4.12. The molecule has 1 aromatic rings. The van der Waals surface area contributed by atoms with Gasteiger partial charge in [-0.2, -0.15) is 11.3 Å². The predicted octanol–water partition coefficient (Wildman–Crippen LogP) is 3.58. The summed E-state index contributed by atoms with van der Waals surface area (Å²) in [6.07, 6.45) is 2.47. The van der Waals surface area contributed by atoms with E-state index in [1.54, 1.807) is 11.3 Å². The summed E-state index contributed by atoms with van der Waals surface area (Å²) in [5, 5.41) is 4.18. The largest absolute Gasteiger partial charge is 0.229 e. The summed E-state index contributed by atoms with van der Waals surface area (Å²) in [4.78, 5) is 0. The Labute approximate surface area is 129 Å². The van der Waals surface area contributed by atoms with E-state index in [4.69, 9.17) is 23.2 Å². The molecule has 0 bridgehead atoms. The van der Waals surface area contributed by atoms with Gasteiger partial charge in [0.15, 0.2) is 9.84 Å². The van der Waals surface area contributed by atoms with E-state index < -0.39 is 9.84 Å². The molecular formula is C13H18Cl2O2S2. The lowest BCUT2D eigenvalue weighted by Gasteiger charge is -2.35. The first-order chi connectivity index (χ1) is 9.01. The highest BCUT2D eigenvalue weighted by Gasteiger charge is 2.43. The van der Waals surface area contributed by atoms with Crippen LogP contribution in [0.3, 0.4) is 0 Å². The van der Waals surface area contributed by atoms with Gasteiger partial charge in [-0.15, -0.1) is 23.2 Å². The molecule has 0 amide bonds. The zero-order chi connectivity index (χ0) is 13.9. The van der Waals surface area contributed by atoms with Crippen molar-refractivity contribution in [3.8, 4) is 0 Å². The number of hydrogen-bond donors (Lipinski definition) is 0. The Balaban J connectivity index is 2.09. The van der Waals surface area contributed by atoms with Gasteiger partial charge in [0.05, 0.1) is 11.5 Å². The van der Waals surface area contributed by atoms with E-state index in [1.165, 1.54) is 5.56 Å². The van der Waals surface area contributed by atoms with E-state index in [1.807, 2.05) is 0 Å². The molecule has 2 rings (SSSR count). The molecule has 1 unspecified atom stereocenters. The zero-order valence-electron chi connectivity index (χ0n) is 10.6. The fraction of sp³-hybridized carbons (Fsp3) is 0.692. The van der Waals surface area contributed by atoms with Crippen molar-refractivity contribution in [1.29, 1.82) is 0 Å². The van der Waals surface area contributed by atoms with Crippen molar-refractivity contribution in [3.63, 3.8) is 0 Å². The SMILES string of the molecule is O=S1(=O)CCC(C(CCl)(CCl)CCc2ccsc2)C1. The van der Waals surface area contributed by atoms with Crippen molar-refractivity contribution in [2.24, 2.45) is 11.3 Å². The number of halogens is 2. The first-order valence-electron chi connectivity index (χ1n) is 6.35. The lowest BCUT2D eigenvalue weighted by Crippen LogP contribution is -2.36. The Morgan fingerprint density at radius 3 is 2.58 bits per heavy atom. The van der Waals surface area contributed by atoms with Gasteiger partial charge in [-0.1, -0.05) is 0 Å². The highest BCUT2D eigenvalue weighted by atomic mass is 35.5. The fourth-order valence-electron chi connectivity index (χ4n) is 2.70. The van der Waals surface area contributed by atoms with Crippen LogP contribution in [0.2, 0.25) is 0 Å². The van der Waals surface area contributed by atoms with Crippen LogP contribution in [0.1, 0.15) is 18.4 Å². The maximum atomic E-state index is 11.7. The topological polar surface area (TPSA) is 34.1 Å². The standard InChI is InChI=1S/C13H18Cl2O2S2/c14-9-13(10-15,4-1-11-2-5-18-7-11)12-3-6-19(16,17)8-12/h2,5,7,12H,1,3-4,6,8-10H2. The van der Waals surface area contributed by atoms with Gasteiger partial charge < -0.3 is 0 Å². The molecular weight excluding hydrogens is 323 g/mol. The smallest absolute Gasteiger partial charge is 0.150 e. The maximum absolute atomic E-state index is 11.7. The summed E-state index contributed by atoms with van der Waals surface area (Å²) in [7, 11) is -2.89. The van der Waals surface area contributed by atoms with Crippen molar-refractivity contribution >= 4 is 44.4 Å². The Morgan fingerprint density at radius 2 is 2.11 bits per heavy atom. The van der Waals surface area contributed by atoms with Gasteiger partial charge in [0.25, 0.3) is 0 Å². The van der Waals surface area contributed by atoms with Gasteiger partial charge >= 0.3 is 0 Å². The van der Waals surface area contributed by atoms with Crippen LogP contribution in [0.4, 0.5) is 0 Å². The molecule has 1 atom stereocenters. The Morgan fingerprint density at radius 1 is 1.37 bits per heavy atom. The lowest BCUT2D eigenvalue weighted by molar-refractivity contribution is 0.227. The summed E-state index contributed by atoms with van der Waals surface area (Å²) in [5.41, 5.74) is 1.03. The number of hydrogen-bond acceptors (Lipinski definition) is 3. The second-order valence-corrected chi connectivity index (χ2v) is 8.90. The summed E-state index contributed by atoms with van der Waals surface area (Å²) >= 11 is 14.0.